The number of hydrazone groups is 1. The number of benzene rings is 3. The zero-order valence-electron chi connectivity index (χ0n) is 18.8. The van der Waals surface area contributed by atoms with Crippen LogP contribution in [0.4, 0.5) is 5.69 Å². The molecule has 0 fully saturated rings. The Labute approximate surface area is 210 Å². The van der Waals surface area contributed by atoms with Crippen molar-refractivity contribution in [2.75, 3.05) is 12.5 Å². The number of fused-ring (bicyclic) bond motifs is 2. The molecule has 3 N–H and O–H groups in total. The monoisotopic (exact) mass is 493 g/mol. The van der Waals surface area contributed by atoms with Crippen molar-refractivity contribution in [2.45, 2.75) is 0 Å². The number of amides is 1. The molecule has 3 aromatic carbocycles. The Morgan fingerprint density at radius 3 is 2.44 bits per heavy atom. The number of thiophene rings is 1. The third-order valence-electron chi connectivity index (χ3n) is 5.75. The summed E-state index contributed by atoms with van der Waals surface area (Å²) in [7, 11) is 0. The molecule has 0 aliphatic carbocycles. The van der Waals surface area contributed by atoms with Crippen LogP contribution in [0.3, 0.4) is 0 Å². The number of carbonyl (C=O) groups is 1. The maximum Gasteiger partial charge on any atom is 0.283 e. The van der Waals surface area contributed by atoms with Gasteiger partial charge in [0, 0.05) is 16.5 Å². The lowest BCUT2D eigenvalue weighted by Crippen LogP contribution is -2.17. The zero-order valence-corrected chi connectivity index (χ0v) is 19.7. The van der Waals surface area contributed by atoms with E-state index < -0.39 is 5.91 Å². The molecule has 0 bridgehead atoms. The fourth-order valence-electron chi connectivity index (χ4n) is 4.07. The minimum Gasteiger partial charge on any atom is -0.454 e. The lowest BCUT2D eigenvalue weighted by molar-refractivity contribution is 0.0960. The third kappa shape index (κ3) is 3.91. The second kappa shape index (κ2) is 9.12. The van der Waals surface area contributed by atoms with Crippen LogP contribution in [0.2, 0.25) is 0 Å². The van der Waals surface area contributed by atoms with Crippen LogP contribution >= 0.6 is 11.3 Å². The van der Waals surface area contributed by atoms with Crippen molar-refractivity contribution in [1.82, 2.24) is 15.6 Å². The topological polar surface area (TPSA) is 112 Å². The molecule has 0 radical (unpaired) electrons. The smallest absolute Gasteiger partial charge is 0.283 e. The lowest BCUT2D eigenvalue weighted by Gasteiger charge is -2.11. The maximum absolute atomic E-state index is 13.0. The van der Waals surface area contributed by atoms with Gasteiger partial charge in [-0.25, -0.2) is 5.43 Å². The average Bonchev–Trinajstić information content (AvgIpc) is 3.53. The third-order valence-corrected chi connectivity index (χ3v) is 6.84. The first-order valence-electron chi connectivity index (χ1n) is 11.1. The molecule has 0 saturated carbocycles. The minimum absolute atomic E-state index is 0.192. The number of hydrogen-bond donors (Lipinski definition) is 2. The standard InChI is InChI=1S/C27H19N5O3S/c28-23-22-21(17-7-3-1-4-8-17)24(18-9-5-2-6-10-18)30-32-27(22)36-25(23)26(33)31-29-14-16-11-12-19-20(13-16)35-15-34-19/h1-14H,15,28H2,(H,31,33)/b29-14-. The fraction of sp³-hybridized carbons (Fsp3) is 0.0370. The molecule has 0 atom stereocenters. The van der Waals surface area contributed by atoms with Crippen LogP contribution in [0, 0.1) is 0 Å². The molecule has 176 valence electrons. The van der Waals surface area contributed by atoms with Gasteiger partial charge in [0.05, 0.1) is 11.9 Å². The summed E-state index contributed by atoms with van der Waals surface area (Å²) < 4.78 is 10.7. The van der Waals surface area contributed by atoms with Crippen LogP contribution in [0.25, 0.3) is 32.6 Å². The van der Waals surface area contributed by atoms with Gasteiger partial charge in [0.15, 0.2) is 11.5 Å². The van der Waals surface area contributed by atoms with E-state index in [0.717, 1.165) is 22.3 Å². The van der Waals surface area contributed by atoms with Gasteiger partial charge in [-0.1, -0.05) is 60.7 Å². The van der Waals surface area contributed by atoms with E-state index in [-0.39, 0.29) is 6.79 Å². The Balaban J connectivity index is 1.37. The Morgan fingerprint density at radius 2 is 1.67 bits per heavy atom. The maximum atomic E-state index is 13.0. The number of hydrogen-bond acceptors (Lipinski definition) is 8. The Morgan fingerprint density at radius 1 is 0.944 bits per heavy atom. The molecule has 1 aliphatic rings. The van der Waals surface area contributed by atoms with Gasteiger partial charge in [-0.3, -0.25) is 4.79 Å². The molecule has 9 heteroatoms. The highest BCUT2D eigenvalue weighted by atomic mass is 32.1. The second-order valence-electron chi connectivity index (χ2n) is 7.99. The summed E-state index contributed by atoms with van der Waals surface area (Å²) in [5.41, 5.74) is 13.6. The van der Waals surface area contributed by atoms with Gasteiger partial charge >= 0.3 is 0 Å². The molecule has 0 spiro atoms. The summed E-state index contributed by atoms with van der Waals surface area (Å²) in [5.74, 6) is 0.896. The molecule has 2 aromatic heterocycles. The van der Waals surface area contributed by atoms with Gasteiger partial charge in [-0.05, 0) is 29.3 Å². The van der Waals surface area contributed by atoms with Crippen molar-refractivity contribution in [3.05, 3.63) is 89.3 Å². The van der Waals surface area contributed by atoms with Crippen molar-refractivity contribution in [3.8, 4) is 33.9 Å². The number of aromatic nitrogens is 2. The van der Waals surface area contributed by atoms with Crippen LogP contribution in [-0.4, -0.2) is 29.1 Å². The molecule has 3 heterocycles. The van der Waals surface area contributed by atoms with Gasteiger partial charge < -0.3 is 15.2 Å². The lowest BCUT2D eigenvalue weighted by atomic mass is 9.96. The van der Waals surface area contributed by atoms with E-state index in [1.807, 2.05) is 66.7 Å². The van der Waals surface area contributed by atoms with E-state index >= 15 is 0 Å². The first-order chi connectivity index (χ1) is 17.7. The van der Waals surface area contributed by atoms with Crippen LogP contribution in [0.5, 0.6) is 11.5 Å². The van der Waals surface area contributed by atoms with Crippen molar-refractivity contribution < 1.29 is 14.3 Å². The van der Waals surface area contributed by atoms with Crippen molar-refractivity contribution in [2.24, 2.45) is 5.10 Å². The second-order valence-corrected chi connectivity index (χ2v) is 8.99. The van der Waals surface area contributed by atoms with E-state index in [4.69, 9.17) is 15.2 Å². The normalized spacial score (nSPS) is 12.3. The highest BCUT2D eigenvalue weighted by Crippen LogP contribution is 2.42. The number of nitrogen functional groups attached to an aromatic ring is 1. The van der Waals surface area contributed by atoms with Crippen molar-refractivity contribution in [1.29, 1.82) is 0 Å². The molecule has 5 aromatic rings. The Kier molecular flexibility index (Phi) is 5.51. The predicted octanol–water partition coefficient (Wildman–Crippen LogP) is 5.10. The molecule has 0 saturated heterocycles. The fourth-order valence-corrected chi connectivity index (χ4v) is 5.01. The van der Waals surface area contributed by atoms with Crippen LogP contribution in [0.1, 0.15) is 15.2 Å². The first kappa shape index (κ1) is 21.8. The summed E-state index contributed by atoms with van der Waals surface area (Å²) in [6, 6.07) is 25.1. The van der Waals surface area contributed by atoms with Gasteiger partial charge in [0.1, 0.15) is 15.4 Å². The first-order valence-corrected chi connectivity index (χ1v) is 11.9. The van der Waals surface area contributed by atoms with E-state index in [2.05, 4.69) is 20.7 Å². The van der Waals surface area contributed by atoms with E-state index in [0.29, 0.717) is 38.0 Å². The van der Waals surface area contributed by atoms with E-state index in [9.17, 15) is 4.79 Å². The largest absolute Gasteiger partial charge is 0.454 e. The highest BCUT2D eigenvalue weighted by molar-refractivity contribution is 7.21. The van der Waals surface area contributed by atoms with E-state index in [1.165, 1.54) is 17.6 Å². The number of carbonyl (C=O) groups excluding carboxylic acids is 1. The van der Waals surface area contributed by atoms with Gasteiger partial charge in [-0.2, -0.15) is 5.10 Å². The van der Waals surface area contributed by atoms with E-state index in [1.54, 1.807) is 12.1 Å². The highest BCUT2D eigenvalue weighted by Gasteiger charge is 2.23. The molecular weight excluding hydrogens is 474 g/mol. The summed E-state index contributed by atoms with van der Waals surface area (Å²) in [4.78, 5) is 13.9. The molecular formula is C27H19N5O3S. The van der Waals surface area contributed by atoms with Crippen LogP contribution < -0.4 is 20.6 Å². The molecule has 0 unspecified atom stereocenters. The number of nitrogens with zero attached hydrogens (tertiary/aromatic N) is 3. The molecule has 6 rings (SSSR count). The number of ether oxygens (including phenoxy) is 2. The number of rotatable bonds is 5. The quantitative estimate of drug-likeness (QED) is 0.260. The number of nitrogens with two attached hydrogens (primary N) is 1. The Bertz CT molecular complexity index is 1620. The van der Waals surface area contributed by atoms with Gasteiger partial charge in [0.25, 0.3) is 5.91 Å². The summed E-state index contributed by atoms with van der Waals surface area (Å²) in [6.07, 6.45) is 1.53. The molecule has 1 amide bonds. The molecule has 8 nitrogen and oxygen atoms in total. The van der Waals surface area contributed by atoms with Gasteiger partial charge in [-0.15, -0.1) is 21.5 Å². The van der Waals surface area contributed by atoms with Crippen LogP contribution in [0.15, 0.2) is 84.0 Å². The minimum atomic E-state index is -0.423. The number of nitrogens with one attached hydrogen (secondary N) is 1. The summed E-state index contributed by atoms with van der Waals surface area (Å²) in [5, 5.41) is 13.7. The SMILES string of the molecule is Nc1c(C(=O)N/N=C\c2ccc3c(c2)OCO3)sc2nnc(-c3ccccc3)c(-c3ccccc3)c12. The number of anilines is 1. The van der Waals surface area contributed by atoms with Crippen molar-refractivity contribution >= 4 is 39.4 Å². The molecule has 36 heavy (non-hydrogen) atoms. The summed E-state index contributed by atoms with van der Waals surface area (Å²) in [6.45, 7) is 0.192. The molecule has 1 aliphatic heterocycles. The predicted molar refractivity (Wildman–Crippen MR) is 140 cm³/mol. The van der Waals surface area contributed by atoms with Crippen LogP contribution in [-0.2, 0) is 0 Å². The average molecular weight is 494 g/mol. The van der Waals surface area contributed by atoms with Gasteiger partial charge in [0.2, 0.25) is 6.79 Å². The van der Waals surface area contributed by atoms with Crippen molar-refractivity contribution in [3.63, 3.8) is 0 Å². The Hall–Kier alpha value is -4.76. The summed E-state index contributed by atoms with van der Waals surface area (Å²) >= 11 is 1.19. The zero-order chi connectivity index (χ0) is 24.5.